The van der Waals surface area contributed by atoms with Crippen LogP contribution in [-0.4, -0.2) is 100 Å². The van der Waals surface area contributed by atoms with Crippen molar-refractivity contribution in [3.8, 4) is 0 Å². The van der Waals surface area contributed by atoms with Crippen LogP contribution in [-0.2, 0) is 20.9 Å². The van der Waals surface area contributed by atoms with Crippen molar-refractivity contribution < 1.29 is 50.9 Å². The molecule has 2 aliphatic heterocycles. The maximum absolute atomic E-state index is 10.6. The third-order valence-corrected chi connectivity index (χ3v) is 5.97. The van der Waals surface area contributed by atoms with E-state index < -0.39 is 24.3 Å². The van der Waals surface area contributed by atoms with E-state index in [-0.39, 0.29) is 0 Å². The second-order valence-electron chi connectivity index (χ2n) is 8.59. The molecule has 37 heavy (non-hydrogen) atoms. The summed E-state index contributed by atoms with van der Waals surface area (Å²) in [7, 11) is 0. The zero-order valence-corrected chi connectivity index (χ0v) is 20.8. The molecule has 0 bridgehead atoms. The average Bonchev–Trinajstić information content (AvgIpc) is 3.29. The van der Waals surface area contributed by atoms with Gasteiger partial charge in [-0.05, 0) is 44.3 Å². The molecule has 0 radical (unpaired) electrons. The molecule has 1 atom stereocenters. The van der Waals surface area contributed by atoms with Crippen molar-refractivity contribution in [1.82, 2.24) is 19.6 Å². The normalized spacial score (nSPS) is 18.8. The highest BCUT2D eigenvalue weighted by Crippen LogP contribution is 2.26. The fourth-order valence-electron chi connectivity index (χ4n) is 3.98. The maximum Gasteiger partial charge on any atom is 0.490 e. The lowest BCUT2D eigenvalue weighted by Gasteiger charge is -2.37. The number of nitrogens with zero attached hydrogens (tertiary/aromatic N) is 4. The van der Waals surface area contributed by atoms with Gasteiger partial charge in [0, 0.05) is 45.6 Å². The van der Waals surface area contributed by atoms with Crippen LogP contribution in [0.1, 0.15) is 44.8 Å². The lowest BCUT2D eigenvalue weighted by Crippen LogP contribution is -2.42. The fourth-order valence-corrected chi connectivity index (χ4v) is 3.98. The molecule has 2 N–H and O–H groups in total. The van der Waals surface area contributed by atoms with Crippen LogP contribution < -0.4 is 0 Å². The Bertz CT molecular complexity index is 799. The van der Waals surface area contributed by atoms with E-state index in [4.69, 9.17) is 24.5 Å². The van der Waals surface area contributed by atoms with Crippen LogP contribution in [0.3, 0.4) is 0 Å². The third-order valence-electron chi connectivity index (χ3n) is 5.97. The Morgan fingerprint density at radius 1 is 1.05 bits per heavy atom. The van der Waals surface area contributed by atoms with Gasteiger partial charge < -0.3 is 19.8 Å². The number of ether oxygens (including phenoxy) is 1. The zero-order valence-electron chi connectivity index (χ0n) is 20.8. The Hall–Kier alpha value is -2.39. The smallest absolute Gasteiger partial charge is 0.475 e. The molecule has 1 saturated heterocycles. The topological polar surface area (TPSA) is 108 Å². The summed E-state index contributed by atoms with van der Waals surface area (Å²) in [5, 5.41) is 18.9. The fraction of sp³-hybridized carbons (Fsp3) is 0.773. The first-order chi connectivity index (χ1) is 17.2. The van der Waals surface area contributed by atoms with E-state index in [1.807, 2.05) is 6.20 Å². The molecule has 0 amide bonds. The first-order valence-corrected chi connectivity index (χ1v) is 11.8. The zero-order chi connectivity index (χ0) is 28.2. The summed E-state index contributed by atoms with van der Waals surface area (Å²) in [6.45, 7) is 13.3. The standard InChI is InChI=1S/C18H32N4O.2C2HF3O2/c1-3-20(4-2)10-6-18-15-21(13-16-7-11-23-12-8-16)14-17-5-9-19-22(17)18;2*3-2(4,5)1(6)7/h5,9,16,18H,3-4,6-8,10-15H2,1-2H3;2*(H,6,7). The monoisotopic (exact) mass is 548 g/mol. The molecule has 3 rings (SSSR count). The van der Waals surface area contributed by atoms with Gasteiger partial charge in [-0.15, -0.1) is 0 Å². The number of aromatic nitrogens is 2. The van der Waals surface area contributed by atoms with Crippen LogP contribution in [0.25, 0.3) is 0 Å². The molecule has 0 aromatic carbocycles. The van der Waals surface area contributed by atoms with Crippen molar-refractivity contribution >= 4 is 11.9 Å². The van der Waals surface area contributed by atoms with Gasteiger partial charge >= 0.3 is 24.3 Å². The van der Waals surface area contributed by atoms with Crippen molar-refractivity contribution in [2.24, 2.45) is 5.92 Å². The molecule has 1 aromatic heterocycles. The van der Waals surface area contributed by atoms with E-state index in [0.29, 0.717) is 6.04 Å². The molecule has 1 aromatic rings. The van der Waals surface area contributed by atoms with Gasteiger partial charge in [0.1, 0.15) is 0 Å². The number of aliphatic carboxylic acids is 2. The summed E-state index contributed by atoms with van der Waals surface area (Å²) in [6.07, 6.45) is -4.56. The number of halogens is 6. The van der Waals surface area contributed by atoms with Gasteiger partial charge in [0.05, 0.1) is 11.7 Å². The van der Waals surface area contributed by atoms with Crippen molar-refractivity contribution in [3.63, 3.8) is 0 Å². The van der Waals surface area contributed by atoms with Gasteiger partial charge in [0.2, 0.25) is 0 Å². The molecular formula is C22H34F6N4O5. The summed E-state index contributed by atoms with van der Waals surface area (Å²) >= 11 is 0. The molecule has 0 spiro atoms. The van der Waals surface area contributed by atoms with E-state index >= 15 is 0 Å². The summed E-state index contributed by atoms with van der Waals surface area (Å²) in [4.78, 5) is 23.0. The number of hydrogen-bond acceptors (Lipinski definition) is 6. The van der Waals surface area contributed by atoms with Crippen molar-refractivity contribution in [3.05, 3.63) is 18.0 Å². The number of carbonyl (C=O) groups is 2. The van der Waals surface area contributed by atoms with Crippen LogP contribution in [0.2, 0.25) is 0 Å². The highest BCUT2D eigenvalue weighted by molar-refractivity contribution is 5.73. The third kappa shape index (κ3) is 12.1. The van der Waals surface area contributed by atoms with Gasteiger partial charge in [0.15, 0.2) is 0 Å². The highest BCUT2D eigenvalue weighted by Gasteiger charge is 2.39. The summed E-state index contributed by atoms with van der Waals surface area (Å²) in [5.74, 6) is -4.71. The van der Waals surface area contributed by atoms with Gasteiger partial charge in [-0.2, -0.15) is 31.4 Å². The van der Waals surface area contributed by atoms with Crippen molar-refractivity contribution in [2.75, 3.05) is 45.9 Å². The molecular weight excluding hydrogens is 514 g/mol. The second-order valence-corrected chi connectivity index (χ2v) is 8.59. The molecule has 1 fully saturated rings. The summed E-state index contributed by atoms with van der Waals surface area (Å²) in [5.41, 5.74) is 1.38. The van der Waals surface area contributed by atoms with Gasteiger partial charge in [-0.3, -0.25) is 9.58 Å². The SMILES string of the molecule is CCN(CC)CCC1CN(CC2CCOCC2)Cc2ccnn21.O=C(O)C(F)(F)F.O=C(O)C(F)(F)F. The lowest BCUT2D eigenvalue weighted by molar-refractivity contribution is -0.193. The maximum atomic E-state index is 10.6. The minimum Gasteiger partial charge on any atom is -0.475 e. The van der Waals surface area contributed by atoms with Crippen LogP contribution in [0.15, 0.2) is 12.3 Å². The lowest BCUT2D eigenvalue weighted by atomic mass is 9.98. The quantitative estimate of drug-likeness (QED) is 0.497. The predicted octanol–water partition coefficient (Wildman–Crippen LogP) is 3.66. The number of fused-ring (bicyclic) bond motifs is 1. The van der Waals surface area contributed by atoms with E-state index in [1.165, 1.54) is 38.0 Å². The minimum atomic E-state index is -5.08. The van der Waals surface area contributed by atoms with Crippen LogP contribution in [0, 0.1) is 5.92 Å². The Morgan fingerprint density at radius 3 is 2.03 bits per heavy atom. The molecule has 1 unspecified atom stereocenters. The van der Waals surface area contributed by atoms with Crippen LogP contribution >= 0.6 is 0 Å². The Balaban J connectivity index is 0.000000404. The van der Waals surface area contributed by atoms with Crippen LogP contribution in [0.5, 0.6) is 0 Å². The first-order valence-electron chi connectivity index (χ1n) is 11.8. The average molecular weight is 549 g/mol. The number of alkyl halides is 6. The number of carboxylic acid groups (broad SMARTS) is 2. The number of rotatable bonds is 7. The molecule has 214 valence electrons. The van der Waals surface area contributed by atoms with E-state index in [9.17, 15) is 26.3 Å². The summed E-state index contributed by atoms with van der Waals surface area (Å²) < 4.78 is 71.3. The molecule has 3 heterocycles. The second kappa shape index (κ2) is 15.1. The van der Waals surface area contributed by atoms with Crippen molar-refractivity contribution in [1.29, 1.82) is 0 Å². The largest absolute Gasteiger partial charge is 0.490 e. The molecule has 2 aliphatic rings. The van der Waals surface area contributed by atoms with E-state index in [1.54, 1.807) is 0 Å². The molecule has 0 aliphatic carbocycles. The number of carboxylic acids is 2. The van der Waals surface area contributed by atoms with Gasteiger partial charge in [0.25, 0.3) is 0 Å². The minimum absolute atomic E-state index is 0.522. The Morgan fingerprint density at radius 2 is 1.57 bits per heavy atom. The highest BCUT2D eigenvalue weighted by atomic mass is 19.4. The molecule has 15 heteroatoms. The van der Waals surface area contributed by atoms with Crippen molar-refractivity contribution in [2.45, 2.75) is 58.0 Å². The van der Waals surface area contributed by atoms with Crippen LogP contribution in [0.4, 0.5) is 26.3 Å². The van der Waals surface area contributed by atoms with E-state index in [0.717, 1.165) is 45.3 Å². The number of hydrogen-bond donors (Lipinski definition) is 2. The Kier molecular flexibility index (Phi) is 13.3. The Labute approximate surface area is 211 Å². The van der Waals surface area contributed by atoms with Gasteiger partial charge in [-0.1, -0.05) is 13.8 Å². The summed E-state index contributed by atoms with van der Waals surface area (Å²) in [6, 6.07) is 2.72. The molecule has 9 nitrogen and oxygen atoms in total. The van der Waals surface area contributed by atoms with E-state index in [2.05, 4.69) is 39.5 Å². The predicted molar refractivity (Wildman–Crippen MR) is 120 cm³/mol. The van der Waals surface area contributed by atoms with Gasteiger partial charge in [-0.25, -0.2) is 9.59 Å². The first kappa shape index (κ1) is 32.6. The molecule has 0 saturated carbocycles.